The summed E-state index contributed by atoms with van der Waals surface area (Å²) in [4.78, 5) is 0. The Morgan fingerprint density at radius 2 is 2.33 bits per heavy atom. The normalized spacial score (nSPS) is 22.0. The number of benzene rings is 1. The first-order valence-electron chi connectivity index (χ1n) is 3.82. The molecule has 0 saturated carbocycles. The molecule has 0 aliphatic carbocycles. The number of fused-ring (bicyclic) bond motifs is 1. The number of rotatable bonds is 0. The number of halogens is 1. The number of aliphatic hydroxyl groups excluding tert-OH is 1. The van der Waals surface area contributed by atoms with Crippen molar-refractivity contribution in [2.24, 2.45) is 0 Å². The molecule has 1 aromatic carbocycles. The Labute approximate surface area is 69.6 Å². The van der Waals surface area contributed by atoms with Gasteiger partial charge in [0.1, 0.15) is 11.9 Å². The first kappa shape index (κ1) is 7.71. The highest BCUT2D eigenvalue weighted by Gasteiger charge is 2.20. The lowest BCUT2D eigenvalue weighted by molar-refractivity contribution is 0.00804. The zero-order valence-corrected chi connectivity index (χ0v) is 6.46. The highest BCUT2D eigenvalue weighted by molar-refractivity contribution is 5.31. The highest BCUT2D eigenvalue weighted by Crippen LogP contribution is 2.26. The molecule has 0 radical (unpaired) electrons. The Hall–Kier alpha value is -0.930. The summed E-state index contributed by atoms with van der Waals surface area (Å²) < 4.78 is 18.1. The first-order valence-corrected chi connectivity index (χ1v) is 3.82. The van der Waals surface area contributed by atoms with E-state index in [1.54, 1.807) is 12.1 Å². The summed E-state index contributed by atoms with van der Waals surface area (Å²) >= 11 is 0. The number of aliphatic hydroxyl groups is 1. The minimum Gasteiger partial charge on any atom is -0.386 e. The Morgan fingerprint density at radius 1 is 1.50 bits per heavy atom. The third-order valence-electron chi connectivity index (χ3n) is 2.04. The van der Waals surface area contributed by atoms with E-state index < -0.39 is 6.10 Å². The van der Waals surface area contributed by atoms with Gasteiger partial charge in [-0.15, -0.1) is 0 Å². The molecule has 1 heterocycles. The fraction of sp³-hybridized carbons (Fsp3) is 0.333. The Kier molecular flexibility index (Phi) is 1.83. The van der Waals surface area contributed by atoms with E-state index in [4.69, 9.17) is 4.74 Å². The second-order valence-corrected chi connectivity index (χ2v) is 2.84. The Morgan fingerprint density at radius 3 is 3.08 bits per heavy atom. The van der Waals surface area contributed by atoms with Crippen molar-refractivity contribution in [1.82, 2.24) is 0 Å². The van der Waals surface area contributed by atoms with Crippen molar-refractivity contribution < 1.29 is 14.2 Å². The van der Waals surface area contributed by atoms with E-state index in [2.05, 4.69) is 0 Å². The van der Waals surface area contributed by atoms with E-state index >= 15 is 0 Å². The number of hydrogen-bond donors (Lipinski definition) is 1. The first-order chi connectivity index (χ1) is 5.79. The van der Waals surface area contributed by atoms with Crippen LogP contribution in [0.2, 0.25) is 0 Å². The summed E-state index contributed by atoms with van der Waals surface area (Å²) in [5, 5.41) is 9.39. The summed E-state index contributed by atoms with van der Waals surface area (Å²) in [5.41, 5.74) is 1.14. The van der Waals surface area contributed by atoms with Gasteiger partial charge in [-0.25, -0.2) is 4.39 Å². The van der Waals surface area contributed by atoms with Crippen LogP contribution in [0.25, 0.3) is 0 Å². The van der Waals surface area contributed by atoms with Gasteiger partial charge in [0.15, 0.2) is 0 Å². The lowest BCUT2D eigenvalue weighted by atomic mass is 10.0. The molecule has 1 aromatic rings. The molecule has 0 saturated heterocycles. The van der Waals surface area contributed by atoms with E-state index in [9.17, 15) is 9.50 Å². The predicted octanol–water partition coefficient (Wildman–Crippen LogP) is 1.39. The van der Waals surface area contributed by atoms with Crippen LogP contribution < -0.4 is 0 Å². The van der Waals surface area contributed by atoms with Gasteiger partial charge in [0.2, 0.25) is 0 Å². The molecular formula is C9H9FO2. The third kappa shape index (κ3) is 1.11. The van der Waals surface area contributed by atoms with Crippen molar-refractivity contribution in [2.45, 2.75) is 12.7 Å². The molecule has 0 aromatic heterocycles. The molecule has 0 amide bonds. The molecular weight excluding hydrogens is 159 g/mol. The molecule has 0 fully saturated rings. The van der Waals surface area contributed by atoms with Gasteiger partial charge < -0.3 is 9.84 Å². The summed E-state index contributed by atoms with van der Waals surface area (Å²) in [6, 6.07) is 4.70. The van der Waals surface area contributed by atoms with Gasteiger partial charge >= 0.3 is 0 Å². The second kappa shape index (κ2) is 2.84. The second-order valence-electron chi connectivity index (χ2n) is 2.84. The van der Waals surface area contributed by atoms with Crippen LogP contribution in [0.3, 0.4) is 0 Å². The van der Waals surface area contributed by atoms with Crippen molar-refractivity contribution in [1.29, 1.82) is 0 Å². The van der Waals surface area contributed by atoms with Crippen molar-refractivity contribution in [3.05, 3.63) is 35.1 Å². The molecule has 12 heavy (non-hydrogen) atoms. The van der Waals surface area contributed by atoms with Crippen LogP contribution in [0.1, 0.15) is 17.2 Å². The molecule has 1 aliphatic rings. The van der Waals surface area contributed by atoms with Gasteiger partial charge in [-0.05, 0) is 11.6 Å². The zero-order valence-electron chi connectivity index (χ0n) is 6.46. The maximum absolute atomic E-state index is 13.1. The van der Waals surface area contributed by atoms with E-state index in [0.29, 0.717) is 11.1 Å². The van der Waals surface area contributed by atoms with Gasteiger partial charge in [0.25, 0.3) is 0 Å². The molecule has 0 bridgehead atoms. The van der Waals surface area contributed by atoms with Crippen LogP contribution in [0, 0.1) is 5.82 Å². The Bertz CT molecular complexity index is 299. The molecule has 1 N–H and O–H groups in total. The molecule has 1 aliphatic heterocycles. The minimum atomic E-state index is -0.676. The van der Waals surface area contributed by atoms with Gasteiger partial charge in [-0.3, -0.25) is 0 Å². The lowest BCUT2D eigenvalue weighted by Gasteiger charge is -2.21. The predicted molar refractivity (Wildman–Crippen MR) is 41.0 cm³/mol. The van der Waals surface area contributed by atoms with Crippen molar-refractivity contribution >= 4 is 0 Å². The van der Waals surface area contributed by atoms with Gasteiger partial charge in [0, 0.05) is 5.56 Å². The summed E-state index contributed by atoms with van der Waals surface area (Å²) in [6.07, 6.45) is -0.676. The van der Waals surface area contributed by atoms with Crippen molar-refractivity contribution in [3.8, 4) is 0 Å². The van der Waals surface area contributed by atoms with Gasteiger partial charge in [0.05, 0.1) is 13.2 Å². The van der Waals surface area contributed by atoms with Crippen LogP contribution in [-0.2, 0) is 11.3 Å². The van der Waals surface area contributed by atoms with Crippen LogP contribution >= 0.6 is 0 Å². The quantitative estimate of drug-likeness (QED) is 0.634. The average molecular weight is 168 g/mol. The molecule has 1 atom stereocenters. The number of hydrogen-bond acceptors (Lipinski definition) is 2. The summed E-state index contributed by atoms with van der Waals surface area (Å²) in [7, 11) is 0. The Balaban J connectivity index is 2.52. The lowest BCUT2D eigenvalue weighted by Crippen LogP contribution is -2.17. The smallest absolute Gasteiger partial charge is 0.129 e. The maximum Gasteiger partial charge on any atom is 0.129 e. The average Bonchev–Trinajstić information content (AvgIpc) is 2.07. The van der Waals surface area contributed by atoms with Crippen molar-refractivity contribution in [2.75, 3.05) is 6.61 Å². The van der Waals surface area contributed by atoms with Crippen LogP contribution in [0.4, 0.5) is 4.39 Å². The summed E-state index contributed by atoms with van der Waals surface area (Å²) in [6.45, 7) is 0.523. The molecule has 0 spiro atoms. The van der Waals surface area contributed by atoms with E-state index in [0.717, 1.165) is 0 Å². The van der Waals surface area contributed by atoms with Crippen LogP contribution in [-0.4, -0.2) is 11.7 Å². The fourth-order valence-electron chi connectivity index (χ4n) is 1.40. The van der Waals surface area contributed by atoms with Crippen LogP contribution in [0.15, 0.2) is 18.2 Å². The highest BCUT2D eigenvalue weighted by atomic mass is 19.1. The molecule has 64 valence electrons. The number of ether oxygens (including phenoxy) is 1. The molecule has 2 rings (SSSR count). The monoisotopic (exact) mass is 168 g/mol. The SMILES string of the molecule is OC1COCc2c(F)cccc21. The summed E-state index contributed by atoms with van der Waals surface area (Å²) in [5.74, 6) is -0.300. The molecule has 2 nitrogen and oxygen atoms in total. The van der Waals surface area contributed by atoms with E-state index in [1.165, 1.54) is 6.07 Å². The standard InChI is InChI=1S/C9H9FO2/c10-8-3-1-2-6-7(8)4-12-5-9(6)11/h1-3,9,11H,4-5H2. The van der Waals surface area contributed by atoms with E-state index in [-0.39, 0.29) is 19.0 Å². The van der Waals surface area contributed by atoms with Gasteiger partial charge in [-0.2, -0.15) is 0 Å². The maximum atomic E-state index is 13.1. The zero-order chi connectivity index (χ0) is 8.55. The van der Waals surface area contributed by atoms with Crippen LogP contribution in [0.5, 0.6) is 0 Å². The largest absolute Gasteiger partial charge is 0.386 e. The van der Waals surface area contributed by atoms with E-state index in [1.807, 2.05) is 0 Å². The van der Waals surface area contributed by atoms with Gasteiger partial charge in [-0.1, -0.05) is 12.1 Å². The third-order valence-corrected chi connectivity index (χ3v) is 2.04. The topological polar surface area (TPSA) is 29.5 Å². The fourth-order valence-corrected chi connectivity index (χ4v) is 1.40. The molecule has 3 heteroatoms. The minimum absolute atomic E-state index is 0.260. The molecule has 1 unspecified atom stereocenters. The van der Waals surface area contributed by atoms with Crippen molar-refractivity contribution in [3.63, 3.8) is 0 Å².